The van der Waals surface area contributed by atoms with Crippen molar-refractivity contribution in [1.29, 1.82) is 0 Å². The Morgan fingerprint density at radius 2 is 1.72 bits per heavy atom. The van der Waals surface area contributed by atoms with Crippen molar-refractivity contribution in [3.63, 3.8) is 0 Å². The SMILES string of the molecule is CCOC(=O)[C@@]1(N)[C@@H](c2ccccc2)[C@@H]1S(=O)(=O)c1ccc(C)cc1. The molecule has 0 heterocycles. The van der Waals surface area contributed by atoms with E-state index in [1.807, 2.05) is 13.0 Å². The topological polar surface area (TPSA) is 86.5 Å². The first kappa shape index (κ1) is 17.6. The van der Waals surface area contributed by atoms with Crippen molar-refractivity contribution in [2.45, 2.75) is 35.4 Å². The van der Waals surface area contributed by atoms with Gasteiger partial charge in [-0.3, -0.25) is 0 Å². The number of aryl methyl sites for hydroxylation is 1. The molecule has 0 unspecified atom stereocenters. The standard InChI is InChI=1S/C19H21NO4S/c1-3-24-18(21)19(20)16(14-7-5-4-6-8-14)17(19)25(22,23)15-11-9-13(2)10-12-15/h4-12,16-17H,3,20H2,1-2H3/t16-,17-,19+/m0/s1. The van der Waals surface area contributed by atoms with Crippen molar-refractivity contribution in [2.24, 2.45) is 5.73 Å². The highest BCUT2D eigenvalue weighted by molar-refractivity contribution is 7.92. The molecule has 2 N–H and O–H groups in total. The number of benzene rings is 2. The van der Waals surface area contributed by atoms with E-state index in [4.69, 9.17) is 10.5 Å². The molecule has 25 heavy (non-hydrogen) atoms. The molecule has 0 saturated heterocycles. The molecule has 2 aromatic carbocycles. The van der Waals surface area contributed by atoms with Crippen LogP contribution in [0.1, 0.15) is 24.0 Å². The van der Waals surface area contributed by atoms with Gasteiger partial charge in [-0.2, -0.15) is 0 Å². The minimum atomic E-state index is -3.78. The molecule has 0 radical (unpaired) electrons. The van der Waals surface area contributed by atoms with Crippen molar-refractivity contribution < 1.29 is 17.9 Å². The van der Waals surface area contributed by atoms with Gasteiger partial charge in [-0.05, 0) is 31.5 Å². The lowest BCUT2D eigenvalue weighted by Gasteiger charge is -2.11. The van der Waals surface area contributed by atoms with Crippen LogP contribution in [0.4, 0.5) is 0 Å². The monoisotopic (exact) mass is 359 g/mol. The van der Waals surface area contributed by atoms with Crippen LogP contribution in [-0.4, -0.2) is 31.8 Å². The molecular weight excluding hydrogens is 338 g/mol. The maximum Gasteiger partial charge on any atom is 0.328 e. The first-order chi connectivity index (χ1) is 11.8. The number of hydrogen-bond donors (Lipinski definition) is 1. The Labute approximate surface area is 147 Å². The fourth-order valence-corrected chi connectivity index (χ4v) is 5.52. The van der Waals surface area contributed by atoms with E-state index in [1.165, 1.54) is 0 Å². The lowest BCUT2D eigenvalue weighted by Crippen LogP contribution is -2.41. The zero-order valence-corrected chi connectivity index (χ0v) is 15.0. The third-order valence-electron chi connectivity index (χ3n) is 4.65. The number of rotatable bonds is 5. The van der Waals surface area contributed by atoms with E-state index >= 15 is 0 Å². The number of sulfone groups is 1. The third-order valence-corrected chi connectivity index (χ3v) is 6.91. The first-order valence-corrected chi connectivity index (χ1v) is 9.69. The normalized spacial score (nSPS) is 25.4. The largest absolute Gasteiger partial charge is 0.465 e. The smallest absolute Gasteiger partial charge is 0.328 e. The highest BCUT2D eigenvalue weighted by atomic mass is 32.2. The zero-order chi connectivity index (χ0) is 18.2. The van der Waals surface area contributed by atoms with Gasteiger partial charge >= 0.3 is 5.97 Å². The quantitative estimate of drug-likeness (QED) is 0.827. The number of ether oxygens (including phenoxy) is 1. The summed E-state index contributed by atoms with van der Waals surface area (Å²) < 4.78 is 31.3. The second-order valence-corrected chi connectivity index (χ2v) is 8.39. The van der Waals surface area contributed by atoms with Crippen molar-refractivity contribution in [3.8, 4) is 0 Å². The van der Waals surface area contributed by atoms with Crippen LogP contribution in [0.3, 0.4) is 0 Å². The van der Waals surface area contributed by atoms with Crippen molar-refractivity contribution in [2.75, 3.05) is 6.61 Å². The number of nitrogens with two attached hydrogens (primary N) is 1. The van der Waals surface area contributed by atoms with Gasteiger partial charge in [0.25, 0.3) is 0 Å². The minimum absolute atomic E-state index is 0.149. The van der Waals surface area contributed by atoms with E-state index < -0.39 is 32.5 Å². The fourth-order valence-electron chi connectivity index (χ4n) is 3.29. The van der Waals surface area contributed by atoms with Crippen LogP contribution in [-0.2, 0) is 19.4 Å². The molecule has 1 aliphatic carbocycles. The van der Waals surface area contributed by atoms with Crippen LogP contribution in [0, 0.1) is 6.92 Å². The Morgan fingerprint density at radius 1 is 1.12 bits per heavy atom. The highest BCUT2D eigenvalue weighted by Gasteiger charge is 2.74. The number of carbonyl (C=O) groups excluding carboxylic acids is 1. The van der Waals surface area contributed by atoms with E-state index in [-0.39, 0.29) is 11.5 Å². The predicted molar refractivity (Wildman–Crippen MR) is 94.9 cm³/mol. The molecule has 5 nitrogen and oxygen atoms in total. The summed E-state index contributed by atoms with van der Waals surface area (Å²) in [4.78, 5) is 12.6. The van der Waals surface area contributed by atoms with Crippen LogP contribution in [0.2, 0.25) is 0 Å². The van der Waals surface area contributed by atoms with Gasteiger partial charge in [-0.15, -0.1) is 0 Å². The van der Waals surface area contributed by atoms with Gasteiger partial charge in [0.15, 0.2) is 9.84 Å². The second kappa shape index (κ2) is 6.28. The summed E-state index contributed by atoms with van der Waals surface area (Å²) in [5.74, 6) is -1.30. The molecule has 0 bridgehead atoms. The summed E-state index contributed by atoms with van der Waals surface area (Å²) in [6.07, 6.45) is 0. The number of hydrogen-bond acceptors (Lipinski definition) is 5. The summed E-state index contributed by atoms with van der Waals surface area (Å²) in [7, 11) is -3.78. The van der Waals surface area contributed by atoms with Crippen LogP contribution in [0.15, 0.2) is 59.5 Å². The highest BCUT2D eigenvalue weighted by Crippen LogP contribution is 2.56. The van der Waals surface area contributed by atoms with Gasteiger partial charge in [0.1, 0.15) is 10.8 Å². The molecule has 3 rings (SSSR count). The minimum Gasteiger partial charge on any atom is -0.465 e. The van der Waals surface area contributed by atoms with Crippen LogP contribution < -0.4 is 5.73 Å². The van der Waals surface area contributed by atoms with Crippen molar-refractivity contribution in [1.82, 2.24) is 0 Å². The van der Waals surface area contributed by atoms with Crippen LogP contribution >= 0.6 is 0 Å². The number of esters is 1. The lowest BCUT2D eigenvalue weighted by atomic mass is 10.1. The van der Waals surface area contributed by atoms with Gasteiger partial charge < -0.3 is 10.5 Å². The predicted octanol–water partition coefficient (Wildman–Crippen LogP) is 2.20. The van der Waals surface area contributed by atoms with Gasteiger partial charge in [0, 0.05) is 5.92 Å². The Bertz CT molecular complexity index is 877. The molecule has 1 saturated carbocycles. The van der Waals surface area contributed by atoms with Crippen molar-refractivity contribution in [3.05, 3.63) is 65.7 Å². The van der Waals surface area contributed by atoms with E-state index in [0.29, 0.717) is 0 Å². The first-order valence-electron chi connectivity index (χ1n) is 8.15. The maximum atomic E-state index is 13.1. The molecule has 0 amide bonds. The summed E-state index contributed by atoms with van der Waals surface area (Å²) in [5.41, 5.74) is 6.41. The Kier molecular flexibility index (Phi) is 4.43. The van der Waals surface area contributed by atoms with Gasteiger partial charge in [-0.25, -0.2) is 13.2 Å². The molecule has 6 heteroatoms. The number of carbonyl (C=O) groups is 1. The Balaban J connectivity index is 2.05. The van der Waals surface area contributed by atoms with Crippen molar-refractivity contribution >= 4 is 15.8 Å². The Morgan fingerprint density at radius 3 is 2.28 bits per heavy atom. The summed E-state index contributed by atoms with van der Waals surface area (Å²) in [5, 5.41) is -1.04. The van der Waals surface area contributed by atoms with Crippen LogP contribution in [0.5, 0.6) is 0 Å². The Hall–Kier alpha value is -2.18. The molecule has 0 aliphatic heterocycles. The summed E-state index contributed by atoms with van der Waals surface area (Å²) in [6.45, 7) is 3.70. The maximum absolute atomic E-state index is 13.1. The molecule has 0 spiro atoms. The van der Waals surface area contributed by atoms with E-state index in [9.17, 15) is 13.2 Å². The molecule has 1 fully saturated rings. The molecule has 2 aromatic rings. The zero-order valence-electron chi connectivity index (χ0n) is 14.2. The average Bonchev–Trinajstić information content (AvgIpc) is 3.25. The molecular formula is C19H21NO4S. The molecule has 132 valence electrons. The average molecular weight is 359 g/mol. The van der Waals surface area contributed by atoms with Gasteiger partial charge in [0.2, 0.25) is 0 Å². The third kappa shape index (κ3) is 2.85. The van der Waals surface area contributed by atoms with Gasteiger partial charge in [-0.1, -0.05) is 48.0 Å². The van der Waals surface area contributed by atoms with Gasteiger partial charge in [0.05, 0.1) is 11.5 Å². The summed E-state index contributed by atoms with van der Waals surface area (Å²) >= 11 is 0. The van der Waals surface area contributed by atoms with E-state index in [0.717, 1.165) is 11.1 Å². The van der Waals surface area contributed by atoms with E-state index in [2.05, 4.69) is 0 Å². The summed E-state index contributed by atoms with van der Waals surface area (Å²) in [6, 6.07) is 15.6. The van der Waals surface area contributed by atoms with Crippen LogP contribution in [0.25, 0.3) is 0 Å². The molecule has 0 aromatic heterocycles. The molecule has 1 aliphatic rings. The fraction of sp³-hybridized carbons (Fsp3) is 0.316. The second-order valence-electron chi connectivity index (χ2n) is 6.32. The van der Waals surface area contributed by atoms with E-state index in [1.54, 1.807) is 55.5 Å². The molecule has 3 atom stereocenters. The lowest BCUT2D eigenvalue weighted by molar-refractivity contribution is -0.145.